The summed E-state index contributed by atoms with van der Waals surface area (Å²) in [4.78, 5) is 39.8. The normalized spacial score (nSPS) is 10.9. The van der Waals surface area contributed by atoms with E-state index in [0.717, 1.165) is 0 Å². The van der Waals surface area contributed by atoms with Crippen LogP contribution in [0.2, 0.25) is 5.02 Å². The topological polar surface area (TPSA) is 102 Å². The second kappa shape index (κ2) is 8.23. The van der Waals surface area contributed by atoms with Crippen molar-refractivity contribution in [3.05, 3.63) is 62.9 Å². The number of carbonyl (C=O) groups excluding carboxylic acids is 3. The molecule has 0 saturated heterocycles. The van der Waals surface area contributed by atoms with Gasteiger partial charge >= 0.3 is 5.97 Å². The average molecular weight is 433 g/mol. The second-order valence-electron chi connectivity index (χ2n) is 6.74. The van der Waals surface area contributed by atoms with Crippen molar-refractivity contribution in [2.45, 2.75) is 27.7 Å². The zero-order chi connectivity index (χ0) is 22.2. The largest absolute Gasteiger partial charge is 0.453 e. The van der Waals surface area contributed by atoms with E-state index in [-0.39, 0.29) is 39.1 Å². The van der Waals surface area contributed by atoms with Crippen LogP contribution in [0.5, 0.6) is 0 Å². The maximum absolute atomic E-state index is 14.3. The fourth-order valence-electron chi connectivity index (χ4n) is 3.34. The zero-order valence-corrected chi connectivity index (χ0v) is 17.4. The van der Waals surface area contributed by atoms with Gasteiger partial charge in [0.2, 0.25) is 5.78 Å². The lowest BCUT2D eigenvalue weighted by Gasteiger charge is -2.07. The van der Waals surface area contributed by atoms with Crippen LogP contribution in [-0.2, 0) is 4.74 Å². The Kier molecular flexibility index (Phi) is 5.89. The standard InChI is InChI=1S/C21H18ClFN2O5/c1-9-16(11(3)26)10(2)24-19(9)15(27)8-29-21(28)17-12(4)30-25-20(17)18-13(22)6-5-7-14(18)23/h5-7,24H,8H2,1-4H3. The summed E-state index contributed by atoms with van der Waals surface area (Å²) in [5, 5.41) is 3.78. The molecule has 0 fully saturated rings. The molecule has 0 unspecified atom stereocenters. The number of H-pyrrole nitrogens is 1. The summed E-state index contributed by atoms with van der Waals surface area (Å²) in [6.07, 6.45) is 0. The Morgan fingerprint density at radius 3 is 2.50 bits per heavy atom. The first-order chi connectivity index (χ1) is 14.1. The number of esters is 1. The van der Waals surface area contributed by atoms with E-state index in [4.69, 9.17) is 20.9 Å². The molecule has 7 nitrogen and oxygen atoms in total. The van der Waals surface area contributed by atoms with Crippen LogP contribution in [-0.4, -0.2) is 34.3 Å². The van der Waals surface area contributed by atoms with Crippen molar-refractivity contribution < 1.29 is 28.0 Å². The SMILES string of the molecule is CC(=O)c1c(C)[nH]c(C(=O)COC(=O)c2c(-c3c(F)cccc3Cl)noc2C)c1C. The second-order valence-corrected chi connectivity index (χ2v) is 7.15. The number of ketones is 2. The van der Waals surface area contributed by atoms with Gasteiger partial charge in [-0.05, 0) is 45.4 Å². The van der Waals surface area contributed by atoms with Crippen LogP contribution in [0.3, 0.4) is 0 Å². The van der Waals surface area contributed by atoms with Gasteiger partial charge in [-0.2, -0.15) is 0 Å². The van der Waals surface area contributed by atoms with Crippen molar-refractivity contribution in [2.24, 2.45) is 0 Å². The number of rotatable bonds is 6. The van der Waals surface area contributed by atoms with Gasteiger partial charge in [0, 0.05) is 11.3 Å². The molecule has 3 rings (SSSR count). The highest BCUT2D eigenvalue weighted by Gasteiger charge is 2.28. The summed E-state index contributed by atoms with van der Waals surface area (Å²) in [7, 11) is 0. The van der Waals surface area contributed by atoms with Gasteiger partial charge in [0.15, 0.2) is 12.4 Å². The lowest BCUT2D eigenvalue weighted by atomic mass is 10.1. The highest BCUT2D eigenvalue weighted by molar-refractivity contribution is 6.33. The molecule has 0 radical (unpaired) electrons. The van der Waals surface area contributed by atoms with E-state index in [1.54, 1.807) is 13.8 Å². The number of nitrogens with zero attached hydrogens (tertiary/aromatic N) is 1. The summed E-state index contributed by atoms with van der Waals surface area (Å²) in [6.45, 7) is 5.59. The number of aromatic amines is 1. The number of aromatic nitrogens is 2. The molecule has 0 amide bonds. The third-order valence-corrected chi connectivity index (χ3v) is 4.98. The fourth-order valence-corrected chi connectivity index (χ4v) is 3.59. The van der Waals surface area contributed by atoms with Crippen LogP contribution in [0.1, 0.15) is 55.1 Å². The number of benzene rings is 1. The van der Waals surface area contributed by atoms with E-state index in [2.05, 4.69) is 10.1 Å². The van der Waals surface area contributed by atoms with Crippen LogP contribution in [0, 0.1) is 26.6 Å². The molecule has 30 heavy (non-hydrogen) atoms. The van der Waals surface area contributed by atoms with E-state index in [0.29, 0.717) is 16.8 Å². The van der Waals surface area contributed by atoms with E-state index < -0.39 is 24.2 Å². The molecule has 2 aromatic heterocycles. The molecule has 0 aliphatic heterocycles. The lowest BCUT2D eigenvalue weighted by Crippen LogP contribution is -2.16. The highest BCUT2D eigenvalue weighted by Crippen LogP contribution is 2.33. The maximum Gasteiger partial charge on any atom is 0.344 e. The molecule has 156 valence electrons. The Bertz CT molecular complexity index is 1160. The van der Waals surface area contributed by atoms with E-state index in [1.807, 2.05) is 0 Å². The van der Waals surface area contributed by atoms with E-state index in [9.17, 15) is 18.8 Å². The fraction of sp³-hybridized carbons (Fsp3) is 0.238. The summed E-state index contributed by atoms with van der Waals surface area (Å²) in [6, 6.07) is 4.04. The number of Topliss-reactive ketones (excluding diaryl/α,β-unsaturated/α-hetero) is 2. The Labute approximate surface area is 176 Å². The van der Waals surface area contributed by atoms with Crippen molar-refractivity contribution in [1.82, 2.24) is 10.1 Å². The summed E-state index contributed by atoms with van der Waals surface area (Å²) in [5.74, 6) is -2.20. The first-order valence-corrected chi connectivity index (χ1v) is 9.32. The van der Waals surface area contributed by atoms with Gasteiger partial charge in [-0.15, -0.1) is 0 Å². The minimum Gasteiger partial charge on any atom is -0.453 e. The number of ether oxygens (including phenoxy) is 1. The summed E-state index contributed by atoms with van der Waals surface area (Å²) >= 11 is 6.06. The smallest absolute Gasteiger partial charge is 0.344 e. The quantitative estimate of drug-likeness (QED) is 0.450. The van der Waals surface area contributed by atoms with Crippen molar-refractivity contribution in [2.75, 3.05) is 6.61 Å². The molecule has 0 aliphatic carbocycles. The zero-order valence-electron chi connectivity index (χ0n) is 16.7. The Balaban J connectivity index is 1.85. The van der Waals surface area contributed by atoms with Crippen LogP contribution in [0.25, 0.3) is 11.3 Å². The number of nitrogens with one attached hydrogen (secondary N) is 1. The van der Waals surface area contributed by atoms with Crippen LogP contribution < -0.4 is 0 Å². The number of carbonyl (C=O) groups is 3. The minimum absolute atomic E-state index is 0.0441. The molecular formula is C21H18ClFN2O5. The number of aryl methyl sites for hydroxylation is 2. The Hall–Kier alpha value is -3.26. The van der Waals surface area contributed by atoms with Gasteiger partial charge in [0.05, 0.1) is 16.3 Å². The maximum atomic E-state index is 14.3. The molecule has 0 bridgehead atoms. The van der Waals surface area contributed by atoms with Gasteiger partial charge in [-0.3, -0.25) is 9.59 Å². The van der Waals surface area contributed by atoms with Crippen molar-refractivity contribution in [3.63, 3.8) is 0 Å². The molecule has 3 aromatic rings. The van der Waals surface area contributed by atoms with Gasteiger partial charge in [0.1, 0.15) is 22.8 Å². The predicted molar refractivity (Wildman–Crippen MR) is 107 cm³/mol. The van der Waals surface area contributed by atoms with E-state index >= 15 is 0 Å². The van der Waals surface area contributed by atoms with Crippen molar-refractivity contribution >= 4 is 29.1 Å². The van der Waals surface area contributed by atoms with Crippen molar-refractivity contribution in [3.8, 4) is 11.3 Å². The molecule has 2 heterocycles. The third kappa shape index (κ3) is 3.78. The number of hydrogen-bond acceptors (Lipinski definition) is 6. The van der Waals surface area contributed by atoms with Crippen LogP contribution in [0.15, 0.2) is 22.7 Å². The average Bonchev–Trinajstić information content (AvgIpc) is 3.18. The Morgan fingerprint density at radius 1 is 1.20 bits per heavy atom. The molecule has 9 heteroatoms. The van der Waals surface area contributed by atoms with Crippen molar-refractivity contribution in [1.29, 1.82) is 0 Å². The van der Waals surface area contributed by atoms with Crippen LogP contribution in [0.4, 0.5) is 4.39 Å². The highest BCUT2D eigenvalue weighted by atomic mass is 35.5. The number of halogens is 2. The molecular weight excluding hydrogens is 415 g/mol. The lowest BCUT2D eigenvalue weighted by molar-refractivity contribution is 0.0472. The van der Waals surface area contributed by atoms with Gasteiger partial charge in [-0.1, -0.05) is 22.8 Å². The first-order valence-electron chi connectivity index (χ1n) is 8.94. The monoisotopic (exact) mass is 432 g/mol. The summed E-state index contributed by atoms with van der Waals surface area (Å²) in [5.41, 5.74) is 1.32. The first kappa shape index (κ1) is 21.4. The Morgan fingerprint density at radius 2 is 1.90 bits per heavy atom. The molecule has 1 aromatic carbocycles. The molecule has 0 atom stereocenters. The molecule has 0 saturated carbocycles. The van der Waals surface area contributed by atoms with Gasteiger partial charge < -0.3 is 14.2 Å². The minimum atomic E-state index is -0.913. The molecule has 0 aliphatic rings. The van der Waals surface area contributed by atoms with Gasteiger partial charge in [-0.25, -0.2) is 9.18 Å². The van der Waals surface area contributed by atoms with E-state index in [1.165, 1.54) is 32.0 Å². The molecule has 1 N–H and O–H groups in total. The third-order valence-electron chi connectivity index (χ3n) is 4.67. The molecule has 0 spiro atoms. The van der Waals surface area contributed by atoms with Crippen LogP contribution >= 0.6 is 11.6 Å². The summed E-state index contributed by atoms with van der Waals surface area (Å²) < 4.78 is 24.4. The predicted octanol–water partition coefficient (Wildman–Crippen LogP) is 4.63. The van der Waals surface area contributed by atoms with Gasteiger partial charge in [0.25, 0.3) is 0 Å². The number of hydrogen-bond donors (Lipinski definition) is 1.